The first-order valence-corrected chi connectivity index (χ1v) is 7.96. The predicted molar refractivity (Wildman–Crippen MR) is 79.8 cm³/mol. The fraction of sp³-hybridized carbons (Fsp3) is 0.500. The molecular formula is C14H21NO5S. The lowest BCUT2D eigenvalue weighted by atomic mass is 10.2. The van der Waals surface area contributed by atoms with E-state index in [1.807, 2.05) is 0 Å². The molecule has 1 aromatic rings. The van der Waals surface area contributed by atoms with Crippen molar-refractivity contribution in [2.45, 2.75) is 45.1 Å². The molecule has 0 bridgehead atoms. The summed E-state index contributed by atoms with van der Waals surface area (Å²) in [4.78, 5) is 11.7. The number of carbonyl (C=O) groups is 1. The number of anilines is 1. The van der Waals surface area contributed by atoms with Crippen LogP contribution in [0.4, 0.5) is 10.5 Å². The van der Waals surface area contributed by atoms with Gasteiger partial charge >= 0.3 is 6.09 Å². The van der Waals surface area contributed by atoms with Crippen LogP contribution in [0.5, 0.6) is 0 Å². The summed E-state index contributed by atoms with van der Waals surface area (Å²) in [5.41, 5.74) is 0.265. The highest BCUT2D eigenvalue weighted by molar-refractivity contribution is 7.87. The number of ether oxygens (including phenoxy) is 1. The highest BCUT2D eigenvalue weighted by Crippen LogP contribution is 2.25. The Morgan fingerprint density at radius 2 is 1.90 bits per heavy atom. The van der Waals surface area contributed by atoms with Crippen LogP contribution in [0.25, 0.3) is 0 Å². The van der Waals surface area contributed by atoms with Crippen molar-refractivity contribution in [3.63, 3.8) is 0 Å². The van der Waals surface area contributed by atoms with Gasteiger partial charge in [-0.25, -0.2) is 4.79 Å². The van der Waals surface area contributed by atoms with Crippen molar-refractivity contribution in [1.29, 1.82) is 0 Å². The molecule has 0 aliphatic rings. The third-order valence-corrected chi connectivity index (χ3v) is 3.75. The van der Waals surface area contributed by atoms with Crippen LogP contribution in [0, 0.1) is 6.92 Å². The quantitative estimate of drug-likeness (QED) is 0.864. The number of aryl methyl sites for hydroxylation is 1. The van der Waals surface area contributed by atoms with Crippen molar-refractivity contribution in [3.05, 3.63) is 23.8 Å². The molecule has 0 atom stereocenters. The van der Waals surface area contributed by atoms with E-state index in [9.17, 15) is 13.2 Å². The fourth-order valence-electron chi connectivity index (χ4n) is 1.59. The first-order valence-electron chi connectivity index (χ1n) is 6.55. The van der Waals surface area contributed by atoms with E-state index in [1.54, 1.807) is 46.8 Å². The van der Waals surface area contributed by atoms with Crippen LogP contribution in [0.3, 0.4) is 0 Å². The van der Waals surface area contributed by atoms with Gasteiger partial charge in [-0.05, 0) is 52.3 Å². The van der Waals surface area contributed by atoms with Gasteiger partial charge < -0.3 is 4.74 Å². The fourth-order valence-corrected chi connectivity index (χ4v) is 2.64. The summed E-state index contributed by atoms with van der Waals surface area (Å²) in [5.74, 6) is 0. The Kier molecular flexibility index (Phi) is 5.36. The second-order valence-corrected chi connectivity index (χ2v) is 7.07. The smallest absolute Gasteiger partial charge is 0.412 e. The highest BCUT2D eigenvalue weighted by atomic mass is 32.2. The molecule has 0 saturated heterocycles. The first-order chi connectivity index (χ1) is 9.55. The summed E-state index contributed by atoms with van der Waals surface area (Å²) in [6, 6.07) is 4.58. The predicted octanol–water partition coefficient (Wildman–Crippen LogP) is 3.07. The number of hydrogen-bond donors (Lipinski definition) is 1. The molecule has 0 heterocycles. The molecule has 0 saturated carbocycles. The zero-order valence-electron chi connectivity index (χ0n) is 12.9. The van der Waals surface area contributed by atoms with Gasteiger partial charge in [0.25, 0.3) is 10.1 Å². The van der Waals surface area contributed by atoms with Crippen LogP contribution in [0.15, 0.2) is 23.1 Å². The molecule has 6 nitrogen and oxygen atoms in total. The van der Waals surface area contributed by atoms with E-state index in [0.717, 1.165) is 5.56 Å². The van der Waals surface area contributed by atoms with E-state index in [4.69, 9.17) is 8.92 Å². The van der Waals surface area contributed by atoms with Crippen LogP contribution < -0.4 is 5.32 Å². The molecular weight excluding hydrogens is 294 g/mol. The third kappa shape index (κ3) is 5.35. The number of amides is 1. The van der Waals surface area contributed by atoms with Crippen LogP contribution in [0.2, 0.25) is 0 Å². The van der Waals surface area contributed by atoms with E-state index in [1.165, 1.54) is 6.07 Å². The average molecular weight is 315 g/mol. The monoisotopic (exact) mass is 315 g/mol. The van der Waals surface area contributed by atoms with Gasteiger partial charge in [0.05, 0.1) is 12.3 Å². The topological polar surface area (TPSA) is 81.7 Å². The summed E-state index contributed by atoms with van der Waals surface area (Å²) < 4.78 is 33.9. The lowest BCUT2D eigenvalue weighted by molar-refractivity contribution is 0.0635. The molecule has 0 spiro atoms. The largest absolute Gasteiger partial charge is 0.444 e. The summed E-state index contributed by atoms with van der Waals surface area (Å²) >= 11 is 0. The summed E-state index contributed by atoms with van der Waals surface area (Å²) in [6.45, 7) is 8.55. The van der Waals surface area contributed by atoms with Gasteiger partial charge in [-0.15, -0.1) is 0 Å². The van der Waals surface area contributed by atoms with Crippen LogP contribution in [0.1, 0.15) is 33.3 Å². The first kappa shape index (κ1) is 17.5. The van der Waals surface area contributed by atoms with Crippen LogP contribution in [-0.2, 0) is 19.0 Å². The van der Waals surface area contributed by atoms with Gasteiger partial charge in [0, 0.05) is 0 Å². The molecule has 21 heavy (non-hydrogen) atoms. The maximum atomic E-state index is 12.0. The van der Waals surface area contributed by atoms with Crippen molar-refractivity contribution in [2.75, 3.05) is 11.9 Å². The molecule has 0 radical (unpaired) electrons. The Balaban J connectivity index is 3.12. The number of rotatable bonds is 4. The standard InChI is InChI=1S/C14H21NO5S/c1-6-19-21(17,18)12-8-7-10(2)9-11(12)15-13(16)20-14(3,4)5/h7-9H,6H2,1-5H3,(H,15,16). The van der Waals surface area contributed by atoms with Gasteiger partial charge in [0.1, 0.15) is 10.5 Å². The van der Waals surface area contributed by atoms with Gasteiger partial charge in [-0.3, -0.25) is 9.50 Å². The summed E-state index contributed by atoms with van der Waals surface area (Å²) in [7, 11) is -3.92. The molecule has 0 unspecified atom stereocenters. The van der Waals surface area contributed by atoms with E-state index >= 15 is 0 Å². The summed E-state index contributed by atoms with van der Waals surface area (Å²) in [6.07, 6.45) is -0.721. The average Bonchev–Trinajstić information content (AvgIpc) is 2.25. The van der Waals surface area contributed by atoms with E-state index in [0.29, 0.717) is 0 Å². The Labute approximate surface area is 125 Å². The van der Waals surface area contributed by atoms with Crippen molar-refractivity contribution in [3.8, 4) is 0 Å². The lowest BCUT2D eigenvalue weighted by Gasteiger charge is -2.20. The number of carbonyl (C=O) groups excluding carboxylic acids is 1. The van der Waals surface area contributed by atoms with E-state index < -0.39 is 21.8 Å². The maximum absolute atomic E-state index is 12.0. The molecule has 118 valence electrons. The molecule has 1 rings (SSSR count). The molecule has 0 fully saturated rings. The van der Waals surface area contributed by atoms with Crippen LogP contribution >= 0.6 is 0 Å². The molecule has 0 aromatic heterocycles. The van der Waals surface area contributed by atoms with Crippen LogP contribution in [-0.4, -0.2) is 26.7 Å². The lowest BCUT2D eigenvalue weighted by Crippen LogP contribution is -2.27. The Hall–Kier alpha value is -1.60. The maximum Gasteiger partial charge on any atom is 0.412 e. The zero-order chi connectivity index (χ0) is 16.3. The van der Waals surface area contributed by atoms with E-state index in [-0.39, 0.29) is 17.2 Å². The van der Waals surface area contributed by atoms with Gasteiger partial charge in [-0.2, -0.15) is 8.42 Å². The minimum Gasteiger partial charge on any atom is -0.444 e. The number of benzene rings is 1. The van der Waals surface area contributed by atoms with Crippen molar-refractivity contribution < 1.29 is 22.1 Å². The summed E-state index contributed by atoms with van der Waals surface area (Å²) in [5, 5.41) is 2.45. The minimum absolute atomic E-state index is 0.0160. The third-order valence-electron chi connectivity index (χ3n) is 2.31. The van der Waals surface area contributed by atoms with Crippen molar-refractivity contribution in [2.24, 2.45) is 0 Å². The zero-order valence-corrected chi connectivity index (χ0v) is 13.7. The molecule has 1 N–H and O–H groups in total. The minimum atomic E-state index is -3.92. The number of hydrogen-bond acceptors (Lipinski definition) is 5. The molecule has 7 heteroatoms. The second-order valence-electron chi connectivity index (χ2n) is 5.49. The number of nitrogens with one attached hydrogen (secondary N) is 1. The molecule has 1 amide bonds. The van der Waals surface area contributed by atoms with Crippen molar-refractivity contribution >= 4 is 21.9 Å². The van der Waals surface area contributed by atoms with Crippen molar-refractivity contribution in [1.82, 2.24) is 0 Å². The molecule has 1 aromatic carbocycles. The Morgan fingerprint density at radius 1 is 1.29 bits per heavy atom. The normalized spacial score (nSPS) is 12.0. The van der Waals surface area contributed by atoms with Gasteiger partial charge in [0.2, 0.25) is 0 Å². The van der Waals surface area contributed by atoms with Gasteiger partial charge in [-0.1, -0.05) is 6.07 Å². The van der Waals surface area contributed by atoms with Gasteiger partial charge in [0.15, 0.2) is 0 Å². The second kappa shape index (κ2) is 6.44. The SMILES string of the molecule is CCOS(=O)(=O)c1ccc(C)cc1NC(=O)OC(C)(C)C. The highest BCUT2D eigenvalue weighted by Gasteiger charge is 2.22. The molecule has 0 aliphatic carbocycles. The Bertz CT molecular complexity index is 617. The van der Waals surface area contributed by atoms with E-state index in [2.05, 4.69) is 5.32 Å². The Morgan fingerprint density at radius 3 is 2.43 bits per heavy atom. The molecule has 0 aliphatic heterocycles.